The molecular formula is C9H14N2O2S. The van der Waals surface area contributed by atoms with E-state index in [9.17, 15) is 9.90 Å². The van der Waals surface area contributed by atoms with Crippen LogP contribution in [0.1, 0.15) is 12.8 Å². The van der Waals surface area contributed by atoms with Gasteiger partial charge in [0.25, 0.3) is 0 Å². The summed E-state index contributed by atoms with van der Waals surface area (Å²) in [5, 5.41) is 17.6. The van der Waals surface area contributed by atoms with Crippen molar-refractivity contribution in [3.63, 3.8) is 0 Å². The Morgan fingerprint density at radius 3 is 3.14 bits per heavy atom. The number of aliphatic hydroxyl groups is 1. The highest BCUT2D eigenvalue weighted by atomic mass is 32.2. The molecule has 1 aliphatic rings. The number of amides is 1. The number of carbonyl (C=O) groups excluding carboxylic acids is 1. The predicted molar refractivity (Wildman–Crippen MR) is 54.8 cm³/mol. The largest absolute Gasteiger partial charge is 0.391 e. The van der Waals surface area contributed by atoms with Crippen LogP contribution < -0.4 is 0 Å². The predicted octanol–water partition coefficient (Wildman–Crippen LogP) is 0.226. The van der Waals surface area contributed by atoms with Gasteiger partial charge in [-0.25, -0.2) is 0 Å². The van der Waals surface area contributed by atoms with E-state index < -0.39 is 0 Å². The van der Waals surface area contributed by atoms with Crippen LogP contribution in [0.2, 0.25) is 0 Å². The lowest BCUT2D eigenvalue weighted by Crippen LogP contribution is -2.43. The van der Waals surface area contributed by atoms with Gasteiger partial charge in [-0.2, -0.15) is 5.26 Å². The summed E-state index contributed by atoms with van der Waals surface area (Å²) in [4.78, 5) is 13.2. The van der Waals surface area contributed by atoms with E-state index in [0.717, 1.165) is 19.4 Å². The van der Waals surface area contributed by atoms with Crippen molar-refractivity contribution >= 4 is 17.7 Å². The highest BCUT2D eigenvalue weighted by Crippen LogP contribution is 2.11. The standard InChI is InChI=1S/C9H14N2O2S/c10-3-5-14-7-9(13)11-4-1-2-8(12)6-11/h8,12H,1-2,4-7H2/t8-/m0/s1. The first-order valence-corrected chi connectivity index (χ1v) is 5.80. The minimum absolute atomic E-state index is 0.0315. The molecule has 1 saturated heterocycles. The lowest BCUT2D eigenvalue weighted by molar-refractivity contribution is -0.131. The molecule has 1 heterocycles. The summed E-state index contributed by atoms with van der Waals surface area (Å²) in [5.41, 5.74) is 0. The molecule has 1 aliphatic heterocycles. The van der Waals surface area contributed by atoms with Gasteiger partial charge in [-0.1, -0.05) is 0 Å². The molecular weight excluding hydrogens is 200 g/mol. The number of likely N-dealkylation sites (tertiary alicyclic amines) is 1. The number of aliphatic hydroxyl groups excluding tert-OH is 1. The summed E-state index contributed by atoms with van der Waals surface area (Å²) in [6.07, 6.45) is 1.29. The molecule has 1 amide bonds. The number of β-amino-alcohol motifs (C(OH)–C–C–N with tert-alkyl or cyclic N) is 1. The Balaban J connectivity index is 2.26. The van der Waals surface area contributed by atoms with Crippen molar-refractivity contribution in [2.45, 2.75) is 18.9 Å². The number of hydrogen-bond acceptors (Lipinski definition) is 4. The monoisotopic (exact) mass is 214 g/mol. The first kappa shape index (κ1) is 11.3. The second-order valence-corrected chi connectivity index (χ2v) is 4.27. The van der Waals surface area contributed by atoms with Gasteiger partial charge < -0.3 is 10.0 Å². The molecule has 0 spiro atoms. The van der Waals surface area contributed by atoms with Gasteiger partial charge in [0.15, 0.2) is 0 Å². The maximum Gasteiger partial charge on any atom is 0.232 e. The highest BCUT2D eigenvalue weighted by Gasteiger charge is 2.21. The minimum atomic E-state index is -0.367. The van der Waals surface area contributed by atoms with Crippen molar-refractivity contribution in [2.24, 2.45) is 0 Å². The number of piperidine rings is 1. The lowest BCUT2D eigenvalue weighted by Gasteiger charge is -2.29. The van der Waals surface area contributed by atoms with Gasteiger partial charge in [0.2, 0.25) is 5.91 Å². The van der Waals surface area contributed by atoms with Crippen molar-refractivity contribution in [2.75, 3.05) is 24.6 Å². The van der Waals surface area contributed by atoms with Crippen molar-refractivity contribution in [1.29, 1.82) is 5.26 Å². The molecule has 0 unspecified atom stereocenters. The van der Waals surface area contributed by atoms with Crippen molar-refractivity contribution in [3.8, 4) is 6.07 Å². The fourth-order valence-electron chi connectivity index (χ4n) is 1.46. The van der Waals surface area contributed by atoms with E-state index in [1.54, 1.807) is 4.90 Å². The third-order valence-corrected chi connectivity index (χ3v) is 2.93. The van der Waals surface area contributed by atoms with E-state index in [4.69, 9.17) is 5.26 Å². The maximum absolute atomic E-state index is 11.5. The van der Waals surface area contributed by atoms with Gasteiger partial charge in [0.05, 0.1) is 23.7 Å². The molecule has 0 aliphatic carbocycles. The number of nitriles is 1. The fourth-order valence-corrected chi connectivity index (χ4v) is 2.01. The maximum atomic E-state index is 11.5. The van der Waals surface area contributed by atoms with Crippen molar-refractivity contribution < 1.29 is 9.90 Å². The summed E-state index contributed by atoms with van der Waals surface area (Å²) in [7, 11) is 0. The molecule has 0 aromatic carbocycles. The average molecular weight is 214 g/mol. The highest BCUT2D eigenvalue weighted by molar-refractivity contribution is 8.00. The third kappa shape index (κ3) is 3.56. The zero-order chi connectivity index (χ0) is 10.4. The van der Waals surface area contributed by atoms with Gasteiger partial charge in [-0.3, -0.25) is 4.79 Å². The zero-order valence-electron chi connectivity index (χ0n) is 7.98. The first-order valence-electron chi connectivity index (χ1n) is 4.64. The van der Waals surface area contributed by atoms with Gasteiger partial charge in [-0.05, 0) is 12.8 Å². The van der Waals surface area contributed by atoms with E-state index in [2.05, 4.69) is 0 Å². The first-order chi connectivity index (χ1) is 6.74. The molecule has 0 radical (unpaired) electrons. The van der Waals surface area contributed by atoms with E-state index >= 15 is 0 Å². The van der Waals surface area contributed by atoms with Gasteiger partial charge in [0.1, 0.15) is 0 Å². The molecule has 0 aromatic heterocycles. The van der Waals surface area contributed by atoms with Crippen LogP contribution in [-0.4, -0.2) is 46.6 Å². The molecule has 0 aromatic rings. The summed E-state index contributed by atoms with van der Waals surface area (Å²) < 4.78 is 0. The Morgan fingerprint density at radius 2 is 2.50 bits per heavy atom. The van der Waals surface area contributed by atoms with Crippen molar-refractivity contribution in [3.05, 3.63) is 0 Å². The number of nitrogens with zero attached hydrogens (tertiary/aromatic N) is 2. The summed E-state index contributed by atoms with van der Waals surface area (Å²) >= 11 is 1.32. The average Bonchev–Trinajstić information content (AvgIpc) is 2.18. The Morgan fingerprint density at radius 1 is 1.71 bits per heavy atom. The second-order valence-electron chi connectivity index (χ2n) is 3.29. The molecule has 5 heteroatoms. The molecule has 0 saturated carbocycles. The van der Waals surface area contributed by atoms with Crippen LogP contribution in [0.4, 0.5) is 0 Å². The topological polar surface area (TPSA) is 64.3 Å². The molecule has 14 heavy (non-hydrogen) atoms. The van der Waals surface area contributed by atoms with Crippen LogP contribution in [0.5, 0.6) is 0 Å². The van der Waals surface area contributed by atoms with E-state index in [0.29, 0.717) is 18.1 Å². The Bertz CT molecular complexity index is 239. The summed E-state index contributed by atoms with van der Waals surface area (Å²) in [6, 6.07) is 1.98. The fraction of sp³-hybridized carbons (Fsp3) is 0.778. The quantitative estimate of drug-likeness (QED) is 0.683. The third-order valence-electron chi connectivity index (χ3n) is 2.14. The second kappa shape index (κ2) is 5.89. The molecule has 1 N–H and O–H groups in total. The van der Waals surface area contributed by atoms with Crippen LogP contribution in [0.3, 0.4) is 0 Å². The molecule has 78 valence electrons. The van der Waals surface area contributed by atoms with Gasteiger partial charge >= 0.3 is 0 Å². The number of carbonyl (C=O) groups is 1. The normalized spacial score (nSPS) is 21.7. The van der Waals surface area contributed by atoms with Gasteiger partial charge in [0, 0.05) is 13.1 Å². The Kier molecular flexibility index (Phi) is 4.77. The summed E-state index contributed by atoms with van der Waals surface area (Å²) in [5.74, 6) is 0.728. The smallest absolute Gasteiger partial charge is 0.232 e. The molecule has 1 atom stereocenters. The van der Waals surface area contributed by atoms with Crippen LogP contribution in [-0.2, 0) is 4.79 Å². The van der Waals surface area contributed by atoms with E-state index in [1.807, 2.05) is 6.07 Å². The van der Waals surface area contributed by atoms with Crippen LogP contribution in [0.15, 0.2) is 0 Å². The summed E-state index contributed by atoms with van der Waals surface area (Å²) in [6.45, 7) is 1.19. The molecule has 1 fully saturated rings. The SMILES string of the molecule is N#CCSCC(=O)N1CCC[C@H](O)C1. The minimum Gasteiger partial charge on any atom is -0.391 e. The number of hydrogen-bond donors (Lipinski definition) is 1. The molecule has 0 bridgehead atoms. The van der Waals surface area contributed by atoms with Crippen LogP contribution in [0.25, 0.3) is 0 Å². The van der Waals surface area contributed by atoms with Crippen LogP contribution in [0, 0.1) is 11.3 Å². The lowest BCUT2D eigenvalue weighted by atomic mass is 10.1. The zero-order valence-corrected chi connectivity index (χ0v) is 8.79. The van der Waals surface area contributed by atoms with E-state index in [-0.39, 0.29) is 12.0 Å². The molecule has 4 nitrogen and oxygen atoms in total. The Labute approximate surface area is 87.9 Å². The number of thioether (sulfide) groups is 1. The van der Waals surface area contributed by atoms with Crippen molar-refractivity contribution in [1.82, 2.24) is 4.90 Å². The van der Waals surface area contributed by atoms with E-state index in [1.165, 1.54) is 11.8 Å². The van der Waals surface area contributed by atoms with Crippen LogP contribution >= 0.6 is 11.8 Å². The molecule has 1 rings (SSSR count). The Hall–Kier alpha value is -0.730. The number of rotatable bonds is 3. The van der Waals surface area contributed by atoms with Gasteiger partial charge in [-0.15, -0.1) is 11.8 Å².